The molecule has 0 saturated heterocycles. The van der Waals surface area contributed by atoms with Gasteiger partial charge in [0, 0.05) is 12.4 Å². The van der Waals surface area contributed by atoms with Crippen LogP contribution in [0.15, 0.2) is 28.0 Å². The molecule has 0 fully saturated rings. The highest BCUT2D eigenvalue weighted by atomic mass is 32.2. The molecule has 0 bridgehead atoms. The van der Waals surface area contributed by atoms with Crippen LogP contribution in [0.2, 0.25) is 0 Å². The van der Waals surface area contributed by atoms with Crippen molar-refractivity contribution < 1.29 is 14.3 Å². The fraction of sp³-hybridized carbons (Fsp3) is 0.250. The third kappa shape index (κ3) is 2.89. The van der Waals surface area contributed by atoms with E-state index in [-0.39, 0.29) is 5.56 Å². The summed E-state index contributed by atoms with van der Waals surface area (Å²) in [5.74, 6) is 0.568. The first-order valence-electron chi connectivity index (χ1n) is 5.30. The number of carbonyl (C=O) groups is 1. The lowest BCUT2D eigenvalue weighted by Gasteiger charge is -1.97. The second-order valence-corrected chi connectivity index (χ2v) is 4.76. The highest BCUT2D eigenvalue weighted by Gasteiger charge is 2.13. The zero-order chi connectivity index (χ0) is 13.1. The predicted molar refractivity (Wildman–Crippen MR) is 66.7 cm³/mol. The van der Waals surface area contributed by atoms with Gasteiger partial charge in [-0.2, -0.15) is 0 Å². The molecule has 2 aromatic rings. The summed E-state index contributed by atoms with van der Waals surface area (Å²) in [5.41, 5.74) is 1.21. The molecule has 0 amide bonds. The third-order valence-electron chi connectivity index (χ3n) is 2.30. The van der Waals surface area contributed by atoms with Crippen molar-refractivity contribution in [2.45, 2.75) is 24.8 Å². The zero-order valence-corrected chi connectivity index (χ0v) is 10.8. The van der Waals surface area contributed by atoms with Gasteiger partial charge in [-0.25, -0.2) is 14.8 Å². The number of hydrogen-bond donors (Lipinski definition) is 1. The number of rotatable bonds is 4. The number of carboxylic acids is 1. The van der Waals surface area contributed by atoms with Gasteiger partial charge in [0.15, 0.2) is 5.16 Å². The molecule has 94 valence electrons. The minimum absolute atomic E-state index is 0.204. The summed E-state index contributed by atoms with van der Waals surface area (Å²) in [6.07, 6.45) is 3.48. The molecule has 0 aliphatic carbocycles. The number of aromatic nitrogens is 2. The molecule has 0 saturated carbocycles. The first-order valence-corrected chi connectivity index (χ1v) is 6.29. The highest BCUT2D eigenvalue weighted by Crippen LogP contribution is 2.22. The maximum Gasteiger partial charge on any atom is 0.339 e. The van der Waals surface area contributed by atoms with E-state index in [0.717, 1.165) is 5.56 Å². The van der Waals surface area contributed by atoms with Crippen molar-refractivity contribution in [3.8, 4) is 0 Å². The van der Waals surface area contributed by atoms with Crippen molar-refractivity contribution in [2.75, 3.05) is 0 Å². The molecule has 18 heavy (non-hydrogen) atoms. The van der Waals surface area contributed by atoms with Crippen molar-refractivity contribution >= 4 is 17.7 Å². The van der Waals surface area contributed by atoms with Gasteiger partial charge in [-0.3, -0.25) is 0 Å². The van der Waals surface area contributed by atoms with Crippen LogP contribution in [0.1, 0.15) is 27.4 Å². The Balaban J connectivity index is 2.04. The molecule has 0 radical (unpaired) electrons. The monoisotopic (exact) mass is 264 g/mol. The van der Waals surface area contributed by atoms with Crippen molar-refractivity contribution in [3.63, 3.8) is 0 Å². The summed E-state index contributed by atoms with van der Waals surface area (Å²) in [6, 6.07) is 1.54. The number of furan rings is 1. The topological polar surface area (TPSA) is 76.2 Å². The molecular formula is C12H12N2O3S. The molecule has 2 rings (SSSR count). The van der Waals surface area contributed by atoms with Crippen LogP contribution in [0.25, 0.3) is 0 Å². The van der Waals surface area contributed by atoms with E-state index in [1.54, 1.807) is 25.4 Å². The van der Waals surface area contributed by atoms with E-state index in [2.05, 4.69) is 9.97 Å². The first-order chi connectivity index (χ1) is 8.56. The van der Waals surface area contributed by atoms with Crippen molar-refractivity contribution in [3.05, 3.63) is 41.1 Å². The van der Waals surface area contributed by atoms with Gasteiger partial charge in [0.2, 0.25) is 0 Å². The van der Waals surface area contributed by atoms with Crippen LogP contribution in [0, 0.1) is 13.8 Å². The Bertz CT molecular complexity index is 563. The smallest absolute Gasteiger partial charge is 0.339 e. The molecule has 0 aliphatic heterocycles. The molecule has 0 unspecified atom stereocenters. The molecule has 5 nitrogen and oxygen atoms in total. The average Bonchev–Trinajstić information content (AvgIpc) is 2.70. The van der Waals surface area contributed by atoms with Gasteiger partial charge in [0.05, 0.1) is 5.75 Å². The summed E-state index contributed by atoms with van der Waals surface area (Å²) in [5, 5.41) is 9.55. The fourth-order valence-corrected chi connectivity index (χ4v) is 2.09. The van der Waals surface area contributed by atoms with Gasteiger partial charge in [-0.05, 0) is 25.5 Å². The second-order valence-electron chi connectivity index (χ2n) is 3.82. The largest absolute Gasteiger partial charge is 0.478 e. The van der Waals surface area contributed by atoms with Crippen molar-refractivity contribution in [1.82, 2.24) is 9.97 Å². The van der Waals surface area contributed by atoms with Gasteiger partial charge in [-0.15, -0.1) is 0 Å². The van der Waals surface area contributed by atoms with Crippen LogP contribution in [-0.4, -0.2) is 21.0 Å². The third-order valence-corrected chi connectivity index (χ3v) is 3.20. The van der Waals surface area contributed by atoms with E-state index in [1.165, 1.54) is 11.8 Å². The number of aromatic carboxylic acids is 1. The van der Waals surface area contributed by atoms with Crippen LogP contribution < -0.4 is 0 Å². The summed E-state index contributed by atoms with van der Waals surface area (Å²) in [7, 11) is 0. The van der Waals surface area contributed by atoms with E-state index in [1.807, 2.05) is 6.92 Å². The molecular weight excluding hydrogens is 252 g/mol. The lowest BCUT2D eigenvalue weighted by molar-refractivity contribution is 0.0695. The van der Waals surface area contributed by atoms with Gasteiger partial charge in [0.25, 0.3) is 0 Å². The molecule has 0 atom stereocenters. The Kier molecular flexibility index (Phi) is 3.66. The minimum Gasteiger partial charge on any atom is -0.478 e. The molecule has 2 aromatic heterocycles. The lowest BCUT2D eigenvalue weighted by Crippen LogP contribution is -1.94. The van der Waals surface area contributed by atoms with E-state index >= 15 is 0 Å². The first kappa shape index (κ1) is 12.6. The van der Waals surface area contributed by atoms with Crippen molar-refractivity contribution in [1.29, 1.82) is 0 Å². The van der Waals surface area contributed by atoms with Gasteiger partial charge >= 0.3 is 5.97 Å². The number of carboxylic acid groups (broad SMARTS) is 1. The summed E-state index contributed by atoms with van der Waals surface area (Å²) in [6.45, 7) is 3.56. The Morgan fingerprint density at radius 2 is 2.06 bits per heavy atom. The maximum atomic E-state index is 10.9. The summed E-state index contributed by atoms with van der Waals surface area (Å²) >= 11 is 1.41. The number of aryl methyl sites for hydroxylation is 2. The van der Waals surface area contributed by atoms with Crippen LogP contribution >= 0.6 is 11.8 Å². The predicted octanol–water partition coefficient (Wildman–Crippen LogP) is 2.68. The molecule has 2 heterocycles. The quantitative estimate of drug-likeness (QED) is 0.675. The van der Waals surface area contributed by atoms with Crippen LogP contribution in [-0.2, 0) is 5.75 Å². The molecule has 0 aromatic carbocycles. The summed E-state index contributed by atoms with van der Waals surface area (Å²) in [4.78, 5) is 19.2. The summed E-state index contributed by atoms with van der Waals surface area (Å²) < 4.78 is 5.36. The van der Waals surface area contributed by atoms with E-state index in [0.29, 0.717) is 22.4 Å². The van der Waals surface area contributed by atoms with E-state index < -0.39 is 5.97 Å². The SMILES string of the molecule is Cc1cnc(SCc2cc(C(=O)O)c(C)o2)nc1. The Morgan fingerprint density at radius 1 is 1.39 bits per heavy atom. The molecule has 0 spiro atoms. The zero-order valence-electron chi connectivity index (χ0n) is 10.0. The van der Waals surface area contributed by atoms with E-state index in [9.17, 15) is 4.79 Å². The highest BCUT2D eigenvalue weighted by molar-refractivity contribution is 7.98. The minimum atomic E-state index is -0.973. The number of nitrogens with zero attached hydrogens (tertiary/aromatic N) is 2. The Hall–Kier alpha value is -1.82. The average molecular weight is 264 g/mol. The Labute approximate surface area is 108 Å². The van der Waals surface area contributed by atoms with Gasteiger partial charge in [-0.1, -0.05) is 11.8 Å². The molecule has 1 N–H and O–H groups in total. The van der Waals surface area contributed by atoms with Crippen molar-refractivity contribution in [2.24, 2.45) is 0 Å². The molecule has 0 aliphatic rings. The fourth-order valence-electron chi connectivity index (χ4n) is 1.42. The van der Waals surface area contributed by atoms with Crippen LogP contribution in [0.3, 0.4) is 0 Å². The van der Waals surface area contributed by atoms with Crippen LogP contribution in [0.5, 0.6) is 0 Å². The lowest BCUT2D eigenvalue weighted by atomic mass is 10.2. The number of hydrogen-bond acceptors (Lipinski definition) is 5. The standard InChI is InChI=1S/C12H12N2O3S/c1-7-4-13-12(14-5-7)18-6-9-3-10(11(15)16)8(2)17-9/h3-5H,6H2,1-2H3,(H,15,16). The van der Waals surface area contributed by atoms with E-state index in [4.69, 9.17) is 9.52 Å². The van der Waals surface area contributed by atoms with Gasteiger partial charge < -0.3 is 9.52 Å². The normalized spacial score (nSPS) is 10.6. The Morgan fingerprint density at radius 3 is 2.61 bits per heavy atom. The number of thioether (sulfide) groups is 1. The second kappa shape index (κ2) is 5.22. The maximum absolute atomic E-state index is 10.9. The molecule has 6 heteroatoms. The van der Waals surface area contributed by atoms with Crippen LogP contribution in [0.4, 0.5) is 0 Å². The van der Waals surface area contributed by atoms with Gasteiger partial charge in [0.1, 0.15) is 17.1 Å².